The van der Waals surface area contributed by atoms with Crippen LogP contribution in [0.5, 0.6) is 0 Å². The van der Waals surface area contributed by atoms with E-state index in [1.54, 1.807) is 24.3 Å². The molecule has 1 N–H and O–H groups in total. The number of amides is 1. The summed E-state index contributed by atoms with van der Waals surface area (Å²) < 4.78 is 32.0. The van der Waals surface area contributed by atoms with Gasteiger partial charge in [0.1, 0.15) is 0 Å². The van der Waals surface area contributed by atoms with Crippen LogP contribution >= 0.6 is 0 Å². The fourth-order valence-electron chi connectivity index (χ4n) is 3.92. The van der Waals surface area contributed by atoms with Crippen LogP contribution in [0.1, 0.15) is 17.5 Å². The minimum Gasteiger partial charge on any atom is -0.379 e. The summed E-state index contributed by atoms with van der Waals surface area (Å²) in [5, 5.41) is 2.94. The van der Waals surface area contributed by atoms with Crippen LogP contribution in [0.3, 0.4) is 0 Å². The van der Waals surface area contributed by atoms with Crippen LogP contribution in [0.2, 0.25) is 0 Å². The van der Waals surface area contributed by atoms with Crippen molar-refractivity contribution in [3.8, 4) is 0 Å². The molecule has 0 atom stereocenters. The zero-order chi connectivity index (χ0) is 21.0. The van der Waals surface area contributed by atoms with Crippen molar-refractivity contribution >= 4 is 21.6 Å². The molecule has 2 aromatic rings. The molecule has 4 rings (SSSR count). The van der Waals surface area contributed by atoms with Gasteiger partial charge in [0.05, 0.1) is 24.7 Å². The van der Waals surface area contributed by atoms with E-state index in [2.05, 4.69) is 22.3 Å². The van der Waals surface area contributed by atoms with Gasteiger partial charge in [0.15, 0.2) is 0 Å². The molecule has 0 aromatic heterocycles. The Kier molecular flexibility index (Phi) is 6.36. The van der Waals surface area contributed by atoms with E-state index in [1.807, 2.05) is 12.1 Å². The molecule has 1 fully saturated rings. The molecule has 30 heavy (non-hydrogen) atoms. The molecule has 2 aromatic carbocycles. The van der Waals surface area contributed by atoms with E-state index >= 15 is 0 Å². The highest BCUT2D eigenvalue weighted by molar-refractivity contribution is 7.89. The second kappa shape index (κ2) is 9.16. The second-order valence-corrected chi connectivity index (χ2v) is 9.53. The first-order chi connectivity index (χ1) is 14.5. The summed E-state index contributed by atoms with van der Waals surface area (Å²) in [6, 6.07) is 14.9. The summed E-state index contributed by atoms with van der Waals surface area (Å²) in [6.45, 7) is 3.15. The van der Waals surface area contributed by atoms with Crippen LogP contribution in [0, 0.1) is 0 Å². The van der Waals surface area contributed by atoms with Crippen molar-refractivity contribution < 1.29 is 17.9 Å². The highest BCUT2D eigenvalue weighted by atomic mass is 32.2. The number of carbonyl (C=O) groups excluding carboxylic acids is 1. The third-order valence-electron chi connectivity index (χ3n) is 5.56. The molecular weight excluding hydrogens is 402 g/mol. The number of morpholine rings is 1. The number of anilines is 1. The number of para-hydroxylation sites is 1. The highest BCUT2D eigenvalue weighted by Gasteiger charge is 2.26. The Hall–Kier alpha value is -2.42. The first kappa shape index (κ1) is 20.8. The van der Waals surface area contributed by atoms with E-state index in [4.69, 9.17) is 4.74 Å². The van der Waals surface area contributed by atoms with Gasteiger partial charge in [0.2, 0.25) is 15.9 Å². The van der Waals surface area contributed by atoms with Crippen molar-refractivity contribution in [1.82, 2.24) is 9.62 Å². The molecule has 0 saturated carbocycles. The molecule has 1 amide bonds. The summed E-state index contributed by atoms with van der Waals surface area (Å²) >= 11 is 0. The predicted molar refractivity (Wildman–Crippen MR) is 115 cm³/mol. The summed E-state index contributed by atoms with van der Waals surface area (Å²) in [5.74, 6) is -0.0447. The van der Waals surface area contributed by atoms with Gasteiger partial charge in [-0.2, -0.15) is 4.31 Å². The molecular formula is C22H27N3O4S. The number of sulfonamides is 1. The SMILES string of the molecule is O=C(CN1CCCc2ccccc21)NCc1ccc(S(=O)(=O)N2CCOCC2)cc1. The quantitative estimate of drug-likeness (QED) is 0.757. The van der Waals surface area contributed by atoms with Crippen molar-refractivity contribution in [3.05, 3.63) is 59.7 Å². The standard InChI is InChI=1S/C22H27N3O4S/c26-22(17-24-11-3-5-19-4-1-2-6-21(19)24)23-16-18-7-9-20(10-8-18)30(27,28)25-12-14-29-15-13-25/h1-2,4,6-10H,3,5,11-17H2,(H,23,26). The summed E-state index contributed by atoms with van der Waals surface area (Å²) in [4.78, 5) is 14.8. The number of fused-ring (bicyclic) bond motifs is 1. The average Bonchev–Trinajstić information content (AvgIpc) is 2.79. The Morgan fingerprint density at radius 3 is 2.50 bits per heavy atom. The van der Waals surface area contributed by atoms with E-state index in [0.717, 1.165) is 30.6 Å². The van der Waals surface area contributed by atoms with E-state index in [-0.39, 0.29) is 10.8 Å². The molecule has 0 radical (unpaired) electrons. The molecule has 1 saturated heterocycles. The van der Waals surface area contributed by atoms with Crippen molar-refractivity contribution in [2.75, 3.05) is 44.3 Å². The van der Waals surface area contributed by atoms with Gasteiger partial charge in [-0.3, -0.25) is 4.79 Å². The number of hydrogen-bond donors (Lipinski definition) is 1. The van der Waals surface area contributed by atoms with Gasteiger partial charge in [-0.15, -0.1) is 0 Å². The van der Waals surface area contributed by atoms with Gasteiger partial charge in [-0.1, -0.05) is 30.3 Å². The smallest absolute Gasteiger partial charge is 0.243 e. The van der Waals surface area contributed by atoms with Crippen LogP contribution in [0.25, 0.3) is 0 Å². The van der Waals surface area contributed by atoms with Crippen molar-refractivity contribution in [2.45, 2.75) is 24.3 Å². The van der Waals surface area contributed by atoms with Gasteiger partial charge in [0.25, 0.3) is 0 Å². The van der Waals surface area contributed by atoms with Gasteiger partial charge in [0, 0.05) is 31.9 Å². The molecule has 2 aliphatic rings. The number of rotatable bonds is 6. The van der Waals surface area contributed by atoms with Crippen LogP contribution in [0.15, 0.2) is 53.4 Å². The maximum Gasteiger partial charge on any atom is 0.243 e. The number of benzene rings is 2. The third-order valence-corrected chi connectivity index (χ3v) is 7.47. The normalized spacial score (nSPS) is 17.4. The Bertz CT molecular complexity index is 986. The van der Waals surface area contributed by atoms with Crippen LogP contribution in [0.4, 0.5) is 5.69 Å². The van der Waals surface area contributed by atoms with Gasteiger partial charge in [-0.25, -0.2) is 8.42 Å². The maximum absolute atomic E-state index is 12.7. The van der Waals surface area contributed by atoms with E-state index in [1.165, 1.54) is 9.87 Å². The zero-order valence-electron chi connectivity index (χ0n) is 16.9. The van der Waals surface area contributed by atoms with Gasteiger partial charge >= 0.3 is 0 Å². The molecule has 0 unspecified atom stereocenters. The number of nitrogens with one attached hydrogen (secondary N) is 1. The highest BCUT2D eigenvalue weighted by Crippen LogP contribution is 2.26. The van der Waals surface area contributed by atoms with Gasteiger partial charge in [-0.05, 0) is 42.2 Å². The summed E-state index contributed by atoms with van der Waals surface area (Å²) in [6.07, 6.45) is 2.09. The Morgan fingerprint density at radius 2 is 1.73 bits per heavy atom. The molecule has 0 bridgehead atoms. The largest absolute Gasteiger partial charge is 0.379 e. The van der Waals surface area contributed by atoms with E-state index in [0.29, 0.717) is 39.4 Å². The van der Waals surface area contributed by atoms with Gasteiger partial charge < -0.3 is 15.0 Å². The van der Waals surface area contributed by atoms with Crippen molar-refractivity contribution in [3.63, 3.8) is 0 Å². The first-order valence-electron chi connectivity index (χ1n) is 10.3. The number of carbonyl (C=O) groups is 1. The molecule has 2 heterocycles. The molecule has 7 nitrogen and oxygen atoms in total. The Morgan fingerprint density at radius 1 is 1.00 bits per heavy atom. The van der Waals surface area contributed by atoms with Crippen LogP contribution in [-0.4, -0.2) is 58.0 Å². The number of ether oxygens (including phenoxy) is 1. The molecule has 0 spiro atoms. The lowest BCUT2D eigenvalue weighted by molar-refractivity contribution is -0.119. The maximum atomic E-state index is 12.7. The fraction of sp³-hybridized carbons (Fsp3) is 0.409. The number of aryl methyl sites for hydroxylation is 1. The number of nitrogens with zero attached hydrogens (tertiary/aromatic N) is 2. The Balaban J connectivity index is 1.33. The first-order valence-corrected chi connectivity index (χ1v) is 11.7. The van der Waals surface area contributed by atoms with Crippen molar-refractivity contribution in [1.29, 1.82) is 0 Å². The lowest BCUT2D eigenvalue weighted by atomic mass is 10.0. The topological polar surface area (TPSA) is 79.0 Å². The molecule has 160 valence electrons. The second-order valence-electron chi connectivity index (χ2n) is 7.59. The summed E-state index contributed by atoms with van der Waals surface area (Å²) in [5.41, 5.74) is 3.29. The minimum absolute atomic E-state index is 0.0447. The summed E-state index contributed by atoms with van der Waals surface area (Å²) in [7, 11) is -3.50. The monoisotopic (exact) mass is 429 g/mol. The lowest BCUT2D eigenvalue weighted by Gasteiger charge is -2.30. The zero-order valence-corrected chi connectivity index (χ0v) is 17.7. The Labute approximate surface area is 177 Å². The van der Waals surface area contributed by atoms with Crippen LogP contribution < -0.4 is 10.2 Å². The molecule has 8 heteroatoms. The lowest BCUT2D eigenvalue weighted by Crippen LogP contribution is -2.40. The van der Waals surface area contributed by atoms with E-state index < -0.39 is 10.0 Å². The predicted octanol–water partition coefficient (Wildman–Crippen LogP) is 1.78. The average molecular weight is 430 g/mol. The van der Waals surface area contributed by atoms with E-state index in [9.17, 15) is 13.2 Å². The fourth-order valence-corrected chi connectivity index (χ4v) is 5.33. The molecule has 2 aliphatic heterocycles. The van der Waals surface area contributed by atoms with Crippen LogP contribution in [-0.2, 0) is 32.5 Å². The molecule has 0 aliphatic carbocycles. The van der Waals surface area contributed by atoms with Crippen molar-refractivity contribution in [2.24, 2.45) is 0 Å². The minimum atomic E-state index is -3.50. The third kappa shape index (κ3) is 4.66. The number of hydrogen-bond acceptors (Lipinski definition) is 5.